The SMILES string of the molecule is Cc1cc(C)c(-c2csc(NC(=O)c3ccc4c(c3)S(=O)(=O)c3ccccc3C4=O)n2)c(C)c1. The molecule has 0 fully saturated rings. The van der Waals surface area contributed by atoms with Crippen LogP contribution in [-0.4, -0.2) is 25.1 Å². The van der Waals surface area contributed by atoms with Crippen molar-refractivity contribution in [3.05, 3.63) is 93.4 Å². The summed E-state index contributed by atoms with van der Waals surface area (Å²) in [5, 5.41) is 5.04. The first-order chi connectivity index (χ1) is 16.2. The third-order valence-electron chi connectivity index (χ3n) is 5.86. The van der Waals surface area contributed by atoms with Crippen LogP contribution in [0.5, 0.6) is 0 Å². The highest BCUT2D eigenvalue weighted by Gasteiger charge is 2.35. The number of nitrogens with zero attached hydrogens (tertiary/aromatic N) is 1. The summed E-state index contributed by atoms with van der Waals surface area (Å²) in [6.45, 7) is 6.10. The van der Waals surface area contributed by atoms with Crippen molar-refractivity contribution in [3.8, 4) is 11.3 Å². The highest BCUT2D eigenvalue weighted by Crippen LogP contribution is 2.35. The second-order valence-electron chi connectivity index (χ2n) is 8.31. The third-order valence-corrected chi connectivity index (χ3v) is 8.47. The van der Waals surface area contributed by atoms with E-state index in [1.165, 1.54) is 47.2 Å². The number of hydrogen-bond donors (Lipinski definition) is 1. The zero-order chi connectivity index (χ0) is 24.2. The van der Waals surface area contributed by atoms with Gasteiger partial charge in [-0.3, -0.25) is 14.9 Å². The minimum Gasteiger partial charge on any atom is -0.298 e. The van der Waals surface area contributed by atoms with Crippen molar-refractivity contribution < 1.29 is 18.0 Å². The first-order valence-corrected chi connectivity index (χ1v) is 12.9. The summed E-state index contributed by atoms with van der Waals surface area (Å²) >= 11 is 1.29. The Morgan fingerprint density at radius 1 is 0.912 bits per heavy atom. The molecule has 0 atom stereocenters. The van der Waals surface area contributed by atoms with Crippen molar-refractivity contribution in [3.63, 3.8) is 0 Å². The van der Waals surface area contributed by atoms with Gasteiger partial charge in [0, 0.05) is 27.6 Å². The molecule has 0 spiro atoms. The minimum atomic E-state index is -3.92. The van der Waals surface area contributed by atoms with E-state index in [4.69, 9.17) is 0 Å². The number of ketones is 1. The molecule has 1 aromatic heterocycles. The van der Waals surface area contributed by atoms with E-state index in [9.17, 15) is 18.0 Å². The summed E-state index contributed by atoms with van der Waals surface area (Å²) in [7, 11) is -3.92. The summed E-state index contributed by atoms with van der Waals surface area (Å²) < 4.78 is 26.3. The monoisotopic (exact) mass is 488 g/mol. The molecule has 34 heavy (non-hydrogen) atoms. The predicted molar refractivity (Wildman–Crippen MR) is 131 cm³/mol. The first-order valence-electron chi connectivity index (χ1n) is 10.5. The van der Waals surface area contributed by atoms with Crippen LogP contribution in [0.1, 0.15) is 43.0 Å². The number of nitrogens with one attached hydrogen (secondary N) is 1. The minimum absolute atomic E-state index is 0.0431. The van der Waals surface area contributed by atoms with E-state index in [0.717, 1.165) is 22.4 Å². The van der Waals surface area contributed by atoms with Gasteiger partial charge in [0.15, 0.2) is 10.9 Å². The van der Waals surface area contributed by atoms with Gasteiger partial charge in [-0.1, -0.05) is 29.8 Å². The highest BCUT2D eigenvalue weighted by molar-refractivity contribution is 7.91. The molecule has 0 aliphatic carbocycles. The fourth-order valence-electron chi connectivity index (χ4n) is 4.42. The van der Waals surface area contributed by atoms with Crippen LogP contribution >= 0.6 is 11.3 Å². The molecule has 1 amide bonds. The number of thiazole rings is 1. The molecule has 1 N–H and O–H groups in total. The second kappa shape index (κ2) is 8.00. The van der Waals surface area contributed by atoms with Crippen LogP contribution in [-0.2, 0) is 9.84 Å². The van der Waals surface area contributed by atoms with Crippen LogP contribution in [0.15, 0.2) is 69.8 Å². The number of aromatic nitrogens is 1. The normalized spacial score (nSPS) is 13.8. The van der Waals surface area contributed by atoms with E-state index < -0.39 is 15.7 Å². The maximum Gasteiger partial charge on any atom is 0.257 e. The molecule has 5 rings (SSSR count). The lowest BCUT2D eigenvalue weighted by Crippen LogP contribution is -2.21. The Kier molecular flexibility index (Phi) is 5.22. The number of aryl methyl sites for hydroxylation is 3. The molecule has 0 saturated heterocycles. The van der Waals surface area contributed by atoms with Crippen LogP contribution in [0, 0.1) is 20.8 Å². The molecule has 1 aliphatic rings. The lowest BCUT2D eigenvalue weighted by molar-refractivity contribution is 0.101. The third kappa shape index (κ3) is 3.55. The molecule has 0 bridgehead atoms. The van der Waals surface area contributed by atoms with Crippen LogP contribution in [0.25, 0.3) is 11.3 Å². The van der Waals surface area contributed by atoms with Gasteiger partial charge in [0.2, 0.25) is 9.84 Å². The van der Waals surface area contributed by atoms with Crippen molar-refractivity contribution in [2.24, 2.45) is 0 Å². The molecule has 170 valence electrons. The summed E-state index contributed by atoms with van der Waals surface area (Å²) in [5.74, 6) is -0.872. The number of carbonyl (C=O) groups is 2. The quantitative estimate of drug-likeness (QED) is 0.369. The Morgan fingerprint density at radius 3 is 2.32 bits per heavy atom. The Balaban J connectivity index is 1.46. The molecule has 8 heteroatoms. The summed E-state index contributed by atoms with van der Waals surface area (Å²) in [6, 6.07) is 14.4. The number of benzene rings is 3. The number of rotatable bonds is 3. The average molecular weight is 489 g/mol. The number of amides is 1. The molecule has 3 aromatic carbocycles. The summed E-state index contributed by atoms with van der Waals surface area (Å²) in [4.78, 5) is 30.1. The molecule has 0 unspecified atom stereocenters. The fourth-order valence-corrected chi connectivity index (χ4v) is 6.80. The standard InChI is InChI=1S/C26H20N2O4S2/c1-14-10-15(2)23(16(3)11-14)20-13-33-26(27-20)28-25(30)17-8-9-19-22(12-17)34(31,32)21-7-5-4-6-18(21)24(19)29/h4-13H,1-3H3,(H,27,28,30). The first kappa shape index (κ1) is 22.2. The molecule has 4 aromatic rings. The van der Waals surface area contributed by atoms with Gasteiger partial charge in [-0.15, -0.1) is 11.3 Å². The topological polar surface area (TPSA) is 93.2 Å². The van der Waals surface area contributed by atoms with E-state index in [1.54, 1.807) is 12.1 Å². The van der Waals surface area contributed by atoms with Gasteiger partial charge in [-0.25, -0.2) is 13.4 Å². The maximum absolute atomic E-state index is 13.1. The highest BCUT2D eigenvalue weighted by atomic mass is 32.2. The van der Waals surface area contributed by atoms with Crippen molar-refractivity contribution >= 4 is 38.0 Å². The smallest absolute Gasteiger partial charge is 0.257 e. The molecule has 1 aliphatic heterocycles. The van der Waals surface area contributed by atoms with Crippen molar-refractivity contribution in [1.29, 1.82) is 0 Å². The second-order valence-corrected chi connectivity index (χ2v) is 11.1. The van der Waals surface area contributed by atoms with Gasteiger partial charge in [-0.2, -0.15) is 0 Å². The average Bonchev–Trinajstić information content (AvgIpc) is 3.24. The number of hydrogen-bond acceptors (Lipinski definition) is 6. The molecular formula is C26H20N2O4S2. The zero-order valence-corrected chi connectivity index (χ0v) is 20.3. The lowest BCUT2D eigenvalue weighted by Gasteiger charge is -2.19. The molecule has 0 saturated carbocycles. The number of anilines is 1. The van der Waals surface area contributed by atoms with Crippen molar-refractivity contribution in [2.75, 3.05) is 5.32 Å². The van der Waals surface area contributed by atoms with Gasteiger partial charge in [0.1, 0.15) is 0 Å². The molecule has 2 heterocycles. The Morgan fingerprint density at radius 2 is 1.59 bits per heavy atom. The Hall–Kier alpha value is -3.62. The zero-order valence-electron chi connectivity index (χ0n) is 18.7. The van der Waals surface area contributed by atoms with Gasteiger partial charge in [0.25, 0.3) is 5.91 Å². The van der Waals surface area contributed by atoms with E-state index in [-0.39, 0.29) is 32.3 Å². The van der Waals surface area contributed by atoms with Gasteiger partial charge >= 0.3 is 0 Å². The number of sulfone groups is 1. The van der Waals surface area contributed by atoms with Crippen LogP contribution in [0.2, 0.25) is 0 Å². The van der Waals surface area contributed by atoms with Crippen LogP contribution < -0.4 is 5.32 Å². The summed E-state index contributed by atoms with van der Waals surface area (Å²) in [6.07, 6.45) is 0. The van der Waals surface area contributed by atoms with Crippen molar-refractivity contribution in [2.45, 2.75) is 30.6 Å². The molecular weight excluding hydrogens is 468 g/mol. The van der Waals surface area contributed by atoms with E-state index >= 15 is 0 Å². The van der Waals surface area contributed by atoms with Gasteiger partial charge in [0.05, 0.1) is 15.5 Å². The fraction of sp³-hybridized carbons (Fsp3) is 0.115. The van der Waals surface area contributed by atoms with Gasteiger partial charge in [-0.05, 0) is 62.2 Å². The number of fused-ring (bicyclic) bond motifs is 2. The van der Waals surface area contributed by atoms with E-state index in [0.29, 0.717) is 5.13 Å². The summed E-state index contributed by atoms with van der Waals surface area (Å²) in [5.41, 5.74) is 5.52. The maximum atomic E-state index is 13.1. The van der Waals surface area contributed by atoms with E-state index in [1.807, 2.05) is 26.2 Å². The van der Waals surface area contributed by atoms with Crippen LogP contribution in [0.3, 0.4) is 0 Å². The predicted octanol–water partition coefficient (Wildman–Crippen LogP) is 5.36. The molecule has 6 nitrogen and oxygen atoms in total. The number of carbonyl (C=O) groups excluding carboxylic acids is 2. The Bertz CT molecular complexity index is 1590. The Labute approximate surface area is 201 Å². The van der Waals surface area contributed by atoms with E-state index in [2.05, 4.69) is 22.4 Å². The van der Waals surface area contributed by atoms with Crippen molar-refractivity contribution in [1.82, 2.24) is 4.98 Å². The van der Waals surface area contributed by atoms with Crippen LogP contribution in [0.4, 0.5) is 5.13 Å². The largest absolute Gasteiger partial charge is 0.298 e. The molecule has 0 radical (unpaired) electrons. The lowest BCUT2D eigenvalue weighted by atomic mass is 9.98. The van der Waals surface area contributed by atoms with Gasteiger partial charge < -0.3 is 0 Å².